The molecule has 2 aromatic carbocycles. The summed E-state index contributed by atoms with van der Waals surface area (Å²) in [5, 5.41) is 50.4. The van der Waals surface area contributed by atoms with E-state index in [0.717, 1.165) is 12.1 Å². The van der Waals surface area contributed by atoms with Crippen LogP contribution in [0, 0.1) is 0 Å². The van der Waals surface area contributed by atoms with Crippen LogP contribution in [0.25, 0.3) is 33.0 Å². The number of pyridine rings is 1. The number of aromatic hydroxyl groups is 4. The van der Waals surface area contributed by atoms with Crippen molar-refractivity contribution in [2.45, 2.75) is 19.4 Å². The highest BCUT2D eigenvalue weighted by Gasteiger charge is 2.32. The average molecular weight is 524 g/mol. The molecular formula is C26H24N2O10. The minimum Gasteiger partial charge on any atom is -0.504 e. The third-order valence-corrected chi connectivity index (χ3v) is 6.60. The Hall–Kier alpha value is -4.71. The summed E-state index contributed by atoms with van der Waals surface area (Å²) in [4.78, 5) is 42.1. The van der Waals surface area contributed by atoms with Gasteiger partial charge in [0.2, 0.25) is 11.3 Å². The molecule has 0 spiro atoms. The van der Waals surface area contributed by atoms with Gasteiger partial charge in [0.1, 0.15) is 11.1 Å². The van der Waals surface area contributed by atoms with Crippen LogP contribution in [0.4, 0.5) is 5.88 Å². The number of β-amino-alcohol motifs (C(OH)–C–C–N with tert-alkyl or cyclic N) is 1. The fourth-order valence-electron chi connectivity index (χ4n) is 4.79. The molecule has 1 unspecified atom stereocenters. The maximum absolute atomic E-state index is 14.1. The summed E-state index contributed by atoms with van der Waals surface area (Å²) in [6.45, 7) is 1.80. The normalized spacial score (nSPS) is 15.4. The Morgan fingerprint density at radius 3 is 2.45 bits per heavy atom. The lowest BCUT2D eigenvalue weighted by Gasteiger charge is -2.21. The van der Waals surface area contributed by atoms with Gasteiger partial charge in [-0.15, -0.1) is 0 Å². The molecule has 0 bridgehead atoms. The van der Waals surface area contributed by atoms with Crippen LogP contribution in [-0.2, 0) is 11.8 Å². The predicted octanol–water partition coefficient (Wildman–Crippen LogP) is 1.88. The Morgan fingerprint density at radius 1 is 1.08 bits per heavy atom. The van der Waals surface area contributed by atoms with Crippen molar-refractivity contribution in [3.63, 3.8) is 0 Å². The van der Waals surface area contributed by atoms with Crippen LogP contribution in [0.2, 0.25) is 0 Å². The first-order chi connectivity index (χ1) is 18.0. The monoisotopic (exact) mass is 524 g/mol. The minimum absolute atomic E-state index is 0.00799. The highest BCUT2D eigenvalue weighted by molar-refractivity contribution is 6.08. The standard InChI is InChI=1S/C26H24N2O10/c1-3-37-26(36)21-20-18(8-17(32)23(21)34)38-25(28-5-4-11(29)9-28)19(24(20)35)13-10-27(2)14-7-16(31)15(30)6-12(14)22(13)33/h6-8,10-11,29-32,34H,3-5,9H2,1-2H3. The zero-order valence-electron chi connectivity index (χ0n) is 20.4. The maximum atomic E-state index is 14.1. The lowest BCUT2D eigenvalue weighted by Crippen LogP contribution is -2.26. The quantitative estimate of drug-likeness (QED) is 0.194. The van der Waals surface area contributed by atoms with Crippen molar-refractivity contribution >= 4 is 33.7 Å². The van der Waals surface area contributed by atoms with E-state index in [0.29, 0.717) is 6.42 Å². The number of aliphatic hydroxyl groups excluding tert-OH is 1. The topological polar surface area (TPSA) is 183 Å². The summed E-state index contributed by atoms with van der Waals surface area (Å²) in [5.41, 5.74) is -2.54. The van der Waals surface area contributed by atoms with E-state index in [9.17, 15) is 39.9 Å². The number of esters is 1. The molecule has 3 heterocycles. The van der Waals surface area contributed by atoms with Crippen LogP contribution in [0.5, 0.6) is 23.0 Å². The molecule has 1 atom stereocenters. The van der Waals surface area contributed by atoms with E-state index in [2.05, 4.69) is 0 Å². The number of hydrogen-bond donors (Lipinski definition) is 5. The zero-order valence-corrected chi connectivity index (χ0v) is 20.4. The van der Waals surface area contributed by atoms with Gasteiger partial charge in [0, 0.05) is 38.5 Å². The van der Waals surface area contributed by atoms with Gasteiger partial charge in [-0.25, -0.2) is 4.79 Å². The number of rotatable bonds is 4. The molecule has 1 aliphatic heterocycles. The van der Waals surface area contributed by atoms with E-state index in [4.69, 9.17) is 9.15 Å². The number of phenolic OH excluding ortho intramolecular Hbond substituents is 4. The first kappa shape index (κ1) is 25.0. The van der Waals surface area contributed by atoms with Crippen LogP contribution < -0.4 is 15.8 Å². The first-order valence-electron chi connectivity index (χ1n) is 11.7. The Morgan fingerprint density at radius 2 is 1.79 bits per heavy atom. The van der Waals surface area contributed by atoms with Crippen LogP contribution in [0.3, 0.4) is 0 Å². The number of ether oxygens (including phenoxy) is 1. The van der Waals surface area contributed by atoms with E-state index in [1.54, 1.807) is 11.9 Å². The SMILES string of the molecule is CCOC(=O)c1c(O)c(O)cc2oc(N3CCC(O)C3)c(-c3cn(C)c4cc(O)c(O)cc4c3=O)c(=O)c12. The van der Waals surface area contributed by atoms with Crippen LogP contribution in [0.15, 0.2) is 38.4 Å². The number of hydrogen-bond acceptors (Lipinski definition) is 11. The number of fused-ring (bicyclic) bond motifs is 2. The van der Waals surface area contributed by atoms with E-state index in [1.807, 2.05) is 0 Å². The van der Waals surface area contributed by atoms with Crippen LogP contribution in [0.1, 0.15) is 23.7 Å². The van der Waals surface area contributed by atoms with E-state index in [-0.39, 0.29) is 53.2 Å². The third kappa shape index (κ3) is 3.77. The Kier molecular flexibility index (Phi) is 5.91. The molecule has 2 aromatic heterocycles. The predicted molar refractivity (Wildman–Crippen MR) is 136 cm³/mol. The summed E-state index contributed by atoms with van der Waals surface area (Å²) in [7, 11) is 1.57. The Labute approximate surface area is 213 Å². The number of carbonyl (C=O) groups excluding carboxylic acids is 1. The van der Waals surface area contributed by atoms with Gasteiger partial charge in [-0.3, -0.25) is 9.59 Å². The summed E-state index contributed by atoms with van der Waals surface area (Å²) >= 11 is 0. The van der Waals surface area contributed by atoms with Crippen molar-refractivity contribution in [3.8, 4) is 34.1 Å². The number of phenols is 4. The smallest absolute Gasteiger partial charge is 0.342 e. The second-order valence-corrected chi connectivity index (χ2v) is 9.05. The van der Waals surface area contributed by atoms with E-state index >= 15 is 0 Å². The number of aryl methyl sites for hydroxylation is 1. The third-order valence-electron chi connectivity index (χ3n) is 6.60. The lowest BCUT2D eigenvalue weighted by molar-refractivity contribution is 0.0524. The van der Waals surface area contributed by atoms with Crippen molar-refractivity contribution in [2.24, 2.45) is 7.05 Å². The molecule has 5 N–H and O–H groups in total. The second-order valence-electron chi connectivity index (χ2n) is 9.05. The number of aliphatic hydroxyl groups is 1. The molecule has 198 valence electrons. The number of carbonyl (C=O) groups is 1. The molecule has 12 heteroatoms. The van der Waals surface area contributed by atoms with Crippen molar-refractivity contribution in [1.29, 1.82) is 0 Å². The van der Waals surface area contributed by atoms with Crippen molar-refractivity contribution in [1.82, 2.24) is 4.57 Å². The number of aromatic nitrogens is 1. The number of benzene rings is 2. The number of anilines is 1. The maximum Gasteiger partial charge on any atom is 0.342 e. The van der Waals surface area contributed by atoms with Crippen molar-refractivity contribution in [2.75, 3.05) is 24.6 Å². The molecule has 12 nitrogen and oxygen atoms in total. The van der Waals surface area contributed by atoms with Gasteiger partial charge in [-0.05, 0) is 19.4 Å². The molecular weight excluding hydrogens is 500 g/mol. The largest absolute Gasteiger partial charge is 0.504 e. The molecule has 4 aromatic rings. The summed E-state index contributed by atoms with van der Waals surface area (Å²) in [5.74, 6) is -3.75. The Balaban J connectivity index is 1.94. The summed E-state index contributed by atoms with van der Waals surface area (Å²) in [6, 6.07) is 3.26. The van der Waals surface area contributed by atoms with Crippen LogP contribution in [-0.4, -0.2) is 61.9 Å². The zero-order chi connectivity index (χ0) is 27.5. The molecule has 0 saturated carbocycles. The van der Waals surface area contributed by atoms with Gasteiger partial charge in [-0.2, -0.15) is 0 Å². The fourth-order valence-corrected chi connectivity index (χ4v) is 4.79. The second kappa shape index (κ2) is 8.99. The molecule has 1 aliphatic rings. The highest BCUT2D eigenvalue weighted by atomic mass is 16.5. The molecule has 1 fully saturated rings. The summed E-state index contributed by atoms with van der Waals surface area (Å²) in [6.07, 6.45) is 0.977. The molecule has 0 amide bonds. The average Bonchev–Trinajstić information content (AvgIpc) is 3.30. The van der Waals surface area contributed by atoms with Gasteiger partial charge < -0.3 is 44.2 Å². The van der Waals surface area contributed by atoms with Gasteiger partial charge >= 0.3 is 5.97 Å². The highest BCUT2D eigenvalue weighted by Crippen LogP contribution is 2.40. The summed E-state index contributed by atoms with van der Waals surface area (Å²) < 4.78 is 12.5. The van der Waals surface area contributed by atoms with Gasteiger partial charge in [-0.1, -0.05) is 0 Å². The fraction of sp³-hybridized carbons (Fsp3) is 0.269. The molecule has 5 rings (SSSR count). The van der Waals surface area contributed by atoms with Crippen molar-refractivity contribution in [3.05, 3.63) is 50.4 Å². The minimum atomic E-state index is -1.08. The molecule has 38 heavy (non-hydrogen) atoms. The van der Waals surface area contributed by atoms with E-state index < -0.39 is 56.9 Å². The van der Waals surface area contributed by atoms with Gasteiger partial charge in [0.25, 0.3) is 0 Å². The van der Waals surface area contributed by atoms with Gasteiger partial charge in [0.15, 0.2) is 28.4 Å². The lowest BCUT2D eigenvalue weighted by atomic mass is 9.99. The van der Waals surface area contributed by atoms with Crippen molar-refractivity contribution < 1.29 is 39.5 Å². The molecule has 0 aliphatic carbocycles. The van der Waals surface area contributed by atoms with E-state index in [1.165, 1.54) is 23.8 Å². The molecule has 0 radical (unpaired) electrons. The Bertz CT molecular complexity index is 1750. The molecule has 1 saturated heterocycles. The van der Waals surface area contributed by atoms with Crippen LogP contribution >= 0.6 is 0 Å². The first-order valence-corrected chi connectivity index (χ1v) is 11.7. The van der Waals surface area contributed by atoms with Gasteiger partial charge in [0.05, 0.1) is 40.1 Å². The number of nitrogens with zero attached hydrogens (tertiary/aromatic N) is 2.